The molecule has 0 unspecified atom stereocenters. The maximum Gasteiger partial charge on any atom is 0.256 e. The highest BCUT2D eigenvalue weighted by Crippen LogP contribution is 2.25. The van der Waals surface area contributed by atoms with Crippen molar-refractivity contribution in [1.82, 2.24) is 9.97 Å². The number of nitrogens with zero attached hydrogens (tertiary/aromatic N) is 1. The number of hydrogen-bond donors (Lipinski definition) is 2. The summed E-state index contributed by atoms with van der Waals surface area (Å²) >= 11 is 5.90. The molecule has 0 saturated heterocycles. The Morgan fingerprint density at radius 3 is 2.56 bits per heavy atom. The van der Waals surface area contributed by atoms with E-state index in [0.29, 0.717) is 34.4 Å². The number of benzene rings is 2. The molecule has 2 N–H and O–H groups in total. The third kappa shape index (κ3) is 4.00. The Bertz CT molecular complexity index is 936. The Labute approximate surface area is 150 Å². The van der Waals surface area contributed by atoms with Crippen molar-refractivity contribution in [3.05, 3.63) is 80.7 Å². The first-order chi connectivity index (χ1) is 12.1. The number of anilines is 2. The van der Waals surface area contributed by atoms with Gasteiger partial charge in [0.1, 0.15) is 5.75 Å². The number of ether oxygens (including phenoxy) is 1. The zero-order valence-electron chi connectivity index (χ0n) is 14.0. The predicted octanol–water partition coefficient (Wildman–Crippen LogP) is 4.07. The van der Waals surface area contributed by atoms with E-state index in [-0.39, 0.29) is 5.56 Å². The van der Waals surface area contributed by atoms with Crippen LogP contribution in [0, 0.1) is 6.92 Å². The minimum Gasteiger partial charge on any atom is -0.495 e. The van der Waals surface area contributed by atoms with Crippen LogP contribution in [-0.4, -0.2) is 17.1 Å². The summed E-state index contributed by atoms with van der Waals surface area (Å²) in [6.07, 6.45) is 0.500. The molecule has 0 spiro atoms. The lowest BCUT2D eigenvalue weighted by atomic mass is 10.1. The number of hydrogen-bond acceptors (Lipinski definition) is 4. The average Bonchev–Trinajstić information content (AvgIpc) is 2.60. The summed E-state index contributed by atoms with van der Waals surface area (Å²) in [4.78, 5) is 19.7. The van der Waals surface area contributed by atoms with Crippen molar-refractivity contribution in [3.63, 3.8) is 0 Å². The molecule has 25 heavy (non-hydrogen) atoms. The second-order valence-corrected chi connectivity index (χ2v) is 6.04. The molecule has 3 rings (SSSR count). The summed E-state index contributed by atoms with van der Waals surface area (Å²) in [5.41, 5.74) is 2.88. The van der Waals surface area contributed by atoms with E-state index in [1.54, 1.807) is 7.11 Å². The van der Waals surface area contributed by atoms with Crippen molar-refractivity contribution in [2.75, 3.05) is 12.4 Å². The predicted molar refractivity (Wildman–Crippen MR) is 100 cm³/mol. The second kappa shape index (κ2) is 7.40. The quantitative estimate of drug-likeness (QED) is 0.723. The topological polar surface area (TPSA) is 67.0 Å². The van der Waals surface area contributed by atoms with E-state index in [2.05, 4.69) is 15.3 Å². The summed E-state index contributed by atoms with van der Waals surface area (Å²) in [6.45, 7) is 1.83. The normalized spacial score (nSPS) is 10.5. The van der Waals surface area contributed by atoms with Crippen LogP contribution in [0.3, 0.4) is 0 Å². The molecule has 3 aromatic rings. The lowest BCUT2D eigenvalue weighted by molar-refractivity contribution is 0.417. The van der Waals surface area contributed by atoms with Crippen molar-refractivity contribution in [1.29, 1.82) is 0 Å². The number of H-pyrrole nitrogens is 1. The van der Waals surface area contributed by atoms with Gasteiger partial charge in [0.2, 0.25) is 5.95 Å². The van der Waals surface area contributed by atoms with Crippen LogP contribution in [0.25, 0.3) is 0 Å². The summed E-state index contributed by atoms with van der Waals surface area (Å²) in [6, 6.07) is 14.9. The molecule has 0 fully saturated rings. The van der Waals surface area contributed by atoms with Crippen molar-refractivity contribution in [2.24, 2.45) is 0 Å². The van der Waals surface area contributed by atoms with E-state index in [1.807, 2.05) is 55.5 Å². The van der Waals surface area contributed by atoms with Crippen LogP contribution in [0.15, 0.2) is 53.3 Å². The molecule has 0 aliphatic heterocycles. The Morgan fingerprint density at radius 1 is 1.16 bits per heavy atom. The van der Waals surface area contributed by atoms with E-state index in [1.165, 1.54) is 0 Å². The largest absolute Gasteiger partial charge is 0.495 e. The number of halogens is 1. The maximum absolute atomic E-state index is 12.5. The SMILES string of the molecule is COc1ccccc1Nc1nc(C)c(Cc2ccc(Cl)cc2)c(=O)[nH]1. The monoisotopic (exact) mass is 355 g/mol. The van der Waals surface area contributed by atoms with Gasteiger partial charge in [-0.3, -0.25) is 9.78 Å². The van der Waals surface area contributed by atoms with Gasteiger partial charge in [0.25, 0.3) is 5.56 Å². The fraction of sp³-hybridized carbons (Fsp3) is 0.158. The highest BCUT2D eigenvalue weighted by atomic mass is 35.5. The summed E-state index contributed by atoms with van der Waals surface area (Å²) in [5.74, 6) is 1.06. The Balaban J connectivity index is 1.87. The molecule has 128 valence electrons. The van der Waals surface area contributed by atoms with Crippen LogP contribution in [0.5, 0.6) is 5.75 Å². The Morgan fingerprint density at radius 2 is 1.88 bits per heavy atom. The standard InChI is InChI=1S/C19H18ClN3O2/c1-12-15(11-13-7-9-14(20)10-8-13)18(24)23-19(21-12)22-16-5-3-4-6-17(16)25-2/h3-10H,11H2,1-2H3,(H2,21,22,23,24). The molecule has 5 nitrogen and oxygen atoms in total. The van der Waals surface area contributed by atoms with Crippen LogP contribution in [0.1, 0.15) is 16.8 Å². The zero-order chi connectivity index (χ0) is 17.8. The average molecular weight is 356 g/mol. The van der Waals surface area contributed by atoms with Gasteiger partial charge in [0.15, 0.2) is 0 Å². The van der Waals surface area contributed by atoms with Crippen LogP contribution < -0.4 is 15.6 Å². The number of para-hydroxylation sites is 2. The van der Waals surface area contributed by atoms with Crippen LogP contribution in [0.2, 0.25) is 5.02 Å². The van der Waals surface area contributed by atoms with Gasteiger partial charge in [0.05, 0.1) is 18.5 Å². The van der Waals surface area contributed by atoms with E-state index in [9.17, 15) is 4.79 Å². The van der Waals surface area contributed by atoms with Crippen LogP contribution in [-0.2, 0) is 6.42 Å². The van der Waals surface area contributed by atoms with Crippen molar-refractivity contribution in [3.8, 4) is 5.75 Å². The van der Waals surface area contributed by atoms with Gasteiger partial charge in [-0.25, -0.2) is 4.98 Å². The number of nitrogens with one attached hydrogen (secondary N) is 2. The van der Waals surface area contributed by atoms with E-state index in [4.69, 9.17) is 16.3 Å². The molecule has 1 aromatic heterocycles. The van der Waals surface area contributed by atoms with Crippen molar-refractivity contribution in [2.45, 2.75) is 13.3 Å². The van der Waals surface area contributed by atoms with Crippen molar-refractivity contribution < 1.29 is 4.74 Å². The Hall–Kier alpha value is -2.79. The van der Waals surface area contributed by atoms with E-state index < -0.39 is 0 Å². The fourth-order valence-electron chi connectivity index (χ4n) is 2.56. The minimum absolute atomic E-state index is 0.167. The third-order valence-electron chi connectivity index (χ3n) is 3.88. The minimum atomic E-state index is -0.167. The van der Waals surface area contributed by atoms with Crippen LogP contribution in [0.4, 0.5) is 11.6 Å². The molecule has 0 aliphatic rings. The van der Waals surface area contributed by atoms with Gasteiger partial charge in [-0.15, -0.1) is 0 Å². The van der Waals surface area contributed by atoms with Gasteiger partial charge in [0, 0.05) is 17.0 Å². The van der Waals surface area contributed by atoms with E-state index in [0.717, 1.165) is 11.3 Å². The molecular weight excluding hydrogens is 338 g/mol. The fourth-order valence-corrected chi connectivity index (χ4v) is 2.69. The Kier molecular flexibility index (Phi) is 5.05. The summed E-state index contributed by atoms with van der Waals surface area (Å²) < 4.78 is 5.30. The van der Waals surface area contributed by atoms with Gasteiger partial charge in [-0.05, 0) is 36.8 Å². The zero-order valence-corrected chi connectivity index (χ0v) is 14.7. The third-order valence-corrected chi connectivity index (χ3v) is 4.13. The number of aryl methyl sites for hydroxylation is 1. The molecule has 0 aliphatic carbocycles. The highest BCUT2D eigenvalue weighted by molar-refractivity contribution is 6.30. The molecular formula is C19H18ClN3O2. The molecule has 0 atom stereocenters. The molecule has 0 saturated carbocycles. The van der Waals surface area contributed by atoms with E-state index >= 15 is 0 Å². The lowest BCUT2D eigenvalue weighted by Gasteiger charge is -2.12. The van der Waals surface area contributed by atoms with Gasteiger partial charge in [-0.1, -0.05) is 35.9 Å². The molecule has 1 heterocycles. The molecule has 2 aromatic carbocycles. The smallest absolute Gasteiger partial charge is 0.256 e. The van der Waals surface area contributed by atoms with Gasteiger partial charge in [-0.2, -0.15) is 0 Å². The van der Waals surface area contributed by atoms with Gasteiger partial charge >= 0.3 is 0 Å². The number of rotatable bonds is 5. The number of aromatic nitrogens is 2. The first kappa shape index (κ1) is 17.0. The summed E-state index contributed by atoms with van der Waals surface area (Å²) in [5, 5.41) is 3.76. The van der Waals surface area contributed by atoms with Crippen LogP contribution >= 0.6 is 11.6 Å². The van der Waals surface area contributed by atoms with Gasteiger partial charge < -0.3 is 10.1 Å². The number of methoxy groups -OCH3 is 1. The maximum atomic E-state index is 12.5. The molecule has 0 radical (unpaired) electrons. The lowest BCUT2D eigenvalue weighted by Crippen LogP contribution is -2.18. The van der Waals surface area contributed by atoms with Crippen molar-refractivity contribution >= 4 is 23.2 Å². The second-order valence-electron chi connectivity index (χ2n) is 5.61. The first-order valence-corrected chi connectivity index (χ1v) is 8.19. The number of aromatic amines is 1. The highest BCUT2D eigenvalue weighted by Gasteiger charge is 2.10. The molecule has 0 amide bonds. The molecule has 6 heteroatoms. The first-order valence-electron chi connectivity index (χ1n) is 7.81. The molecule has 0 bridgehead atoms. The summed E-state index contributed by atoms with van der Waals surface area (Å²) in [7, 11) is 1.59.